The summed E-state index contributed by atoms with van der Waals surface area (Å²) in [4.78, 5) is 22.5. The van der Waals surface area contributed by atoms with Gasteiger partial charge in [0.05, 0.1) is 5.60 Å². The molecule has 0 radical (unpaired) electrons. The summed E-state index contributed by atoms with van der Waals surface area (Å²) in [6, 6.07) is 7.49. The van der Waals surface area contributed by atoms with E-state index in [0.717, 1.165) is 37.2 Å². The third-order valence-corrected chi connectivity index (χ3v) is 4.98. The van der Waals surface area contributed by atoms with E-state index in [4.69, 9.17) is 16.3 Å². The van der Waals surface area contributed by atoms with Crippen LogP contribution in [-0.2, 0) is 16.1 Å². The summed E-state index contributed by atoms with van der Waals surface area (Å²) in [5, 5.41) is 3.60. The molecule has 25 heavy (non-hydrogen) atoms. The summed E-state index contributed by atoms with van der Waals surface area (Å²) in [5.41, 5.74) is 1.77. The first-order valence-corrected chi connectivity index (χ1v) is 8.70. The molecule has 0 aliphatic carbocycles. The van der Waals surface area contributed by atoms with E-state index in [-0.39, 0.29) is 18.1 Å². The average molecular weight is 359 g/mol. The number of likely N-dealkylation sites (tertiary alicyclic amines) is 1. The van der Waals surface area contributed by atoms with Gasteiger partial charge in [-0.25, -0.2) is 9.97 Å². The highest BCUT2D eigenvalue weighted by Crippen LogP contribution is 2.28. The van der Waals surface area contributed by atoms with Crippen molar-refractivity contribution < 1.29 is 9.53 Å². The molecule has 2 fully saturated rings. The van der Waals surface area contributed by atoms with Crippen LogP contribution in [0.4, 0.5) is 0 Å². The van der Waals surface area contributed by atoms with Crippen molar-refractivity contribution in [2.45, 2.75) is 18.6 Å². The Morgan fingerprint density at radius 1 is 1.24 bits per heavy atom. The number of nitrogens with one attached hydrogen (secondary N) is 1. The molecular weight excluding hydrogens is 340 g/mol. The minimum absolute atomic E-state index is 0.0322. The smallest absolute Gasteiger partial charge is 0.246 e. The highest BCUT2D eigenvalue weighted by atomic mass is 35.5. The number of morpholine rings is 1. The first-order chi connectivity index (χ1) is 12.1. The predicted molar refractivity (Wildman–Crippen MR) is 94.1 cm³/mol. The second kappa shape index (κ2) is 6.71. The molecule has 1 N–H and O–H groups in total. The van der Waals surface area contributed by atoms with E-state index in [9.17, 15) is 4.79 Å². The lowest BCUT2D eigenvalue weighted by Gasteiger charge is -2.33. The van der Waals surface area contributed by atoms with Crippen LogP contribution in [0.15, 0.2) is 36.7 Å². The van der Waals surface area contributed by atoms with E-state index in [2.05, 4.69) is 20.2 Å². The van der Waals surface area contributed by atoms with Crippen LogP contribution in [0.25, 0.3) is 11.4 Å². The molecule has 2 aromatic rings. The van der Waals surface area contributed by atoms with Gasteiger partial charge in [0.15, 0.2) is 5.82 Å². The zero-order chi connectivity index (χ0) is 17.3. The van der Waals surface area contributed by atoms with Gasteiger partial charge in [-0.1, -0.05) is 11.6 Å². The van der Waals surface area contributed by atoms with Crippen molar-refractivity contribution in [3.8, 4) is 11.4 Å². The van der Waals surface area contributed by atoms with Crippen LogP contribution < -0.4 is 5.32 Å². The number of hydrogen-bond donors (Lipinski definition) is 1. The van der Waals surface area contributed by atoms with Crippen molar-refractivity contribution >= 4 is 17.5 Å². The Labute approximate surface area is 151 Å². The number of aromatic nitrogens is 2. The first kappa shape index (κ1) is 16.4. The fourth-order valence-corrected chi connectivity index (χ4v) is 3.47. The van der Waals surface area contributed by atoms with Crippen molar-refractivity contribution in [1.29, 1.82) is 0 Å². The average Bonchev–Trinajstić information content (AvgIpc) is 3.02. The molecule has 2 aliphatic rings. The summed E-state index contributed by atoms with van der Waals surface area (Å²) in [5.74, 6) is 0.659. The molecule has 2 saturated heterocycles. The Bertz CT molecular complexity index is 754. The molecule has 1 unspecified atom stereocenters. The van der Waals surface area contributed by atoms with Gasteiger partial charge in [-0.15, -0.1) is 0 Å². The highest BCUT2D eigenvalue weighted by molar-refractivity contribution is 6.30. The fraction of sp³-hybridized carbons (Fsp3) is 0.389. The van der Waals surface area contributed by atoms with Gasteiger partial charge in [0, 0.05) is 54.7 Å². The van der Waals surface area contributed by atoms with Crippen LogP contribution in [0.3, 0.4) is 0 Å². The number of rotatable bonds is 3. The number of hydrogen-bond acceptors (Lipinski definition) is 5. The van der Waals surface area contributed by atoms with Crippen LogP contribution in [0.1, 0.15) is 12.0 Å². The van der Waals surface area contributed by atoms with Crippen molar-refractivity contribution in [2.24, 2.45) is 0 Å². The van der Waals surface area contributed by atoms with E-state index >= 15 is 0 Å². The van der Waals surface area contributed by atoms with Crippen molar-refractivity contribution in [2.75, 3.05) is 26.2 Å². The lowest BCUT2D eigenvalue weighted by molar-refractivity contribution is -0.142. The van der Waals surface area contributed by atoms with Gasteiger partial charge < -0.3 is 10.1 Å². The molecule has 2 aliphatic heterocycles. The molecule has 1 atom stereocenters. The Balaban J connectivity index is 1.39. The number of ether oxygens (including phenoxy) is 1. The second-order valence-corrected chi connectivity index (χ2v) is 7.07. The number of nitrogens with zero attached hydrogens (tertiary/aromatic N) is 3. The van der Waals surface area contributed by atoms with Crippen LogP contribution in [0, 0.1) is 0 Å². The van der Waals surface area contributed by atoms with Crippen LogP contribution >= 0.6 is 11.6 Å². The molecular formula is C18H19ClN4O2. The summed E-state index contributed by atoms with van der Waals surface area (Å²) in [6.45, 7) is 3.28. The largest absolute Gasteiger partial charge is 0.362 e. The molecule has 1 amide bonds. The molecule has 4 rings (SSSR count). The summed E-state index contributed by atoms with van der Waals surface area (Å²) in [6.07, 6.45) is 4.66. The van der Waals surface area contributed by atoms with E-state index in [0.29, 0.717) is 17.4 Å². The van der Waals surface area contributed by atoms with Crippen LogP contribution in [0.2, 0.25) is 5.02 Å². The van der Waals surface area contributed by atoms with Gasteiger partial charge >= 0.3 is 0 Å². The van der Waals surface area contributed by atoms with Crippen molar-refractivity contribution in [3.63, 3.8) is 0 Å². The third-order valence-electron chi connectivity index (χ3n) is 4.73. The molecule has 6 nitrogen and oxygen atoms in total. The van der Waals surface area contributed by atoms with Crippen LogP contribution in [0.5, 0.6) is 0 Å². The standard InChI is InChI=1S/C18H19ClN4O2/c19-15-3-1-14(2-4-15)17-20-7-13(8-21-17)9-23-6-5-18(12-23)11-22-16(24)10-25-18/h1-4,7-8H,5-6,9-12H2,(H,22,24). The maximum absolute atomic E-state index is 11.3. The molecule has 0 bridgehead atoms. The van der Waals surface area contributed by atoms with Crippen molar-refractivity contribution in [1.82, 2.24) is 20.2 Å². The molecule has 1 spiro atoms. The number of carbonyl (C=O) groups is 1. The minimum atomic E-state index is -0.238. The Hall–Kier alpha value is -2.02. The zero-order valence-corrected chi connectivity index (χ0v) is 14.5. The third kappa shape index (κ3) is 3.66. The highest BCUT2D eigenvalue weighted by Gasteiger charge is 2.42. The minimum Gasteiger partial charge on any atom is -0.362 e. The number of halogens is 1. The van der Waals surface area contributed by atoms with Gasteiger partial charge in [-0.2, -0.15) is 0 Å². The maximum atomic E-state index is 11.3. The molecule has 7 heteroatoms. The number of carbonyl (C=O) groups excluding carboxylic acids is 1. The number of benzene rings is 1. The van der Waals surface area contributed by atoms with Gasteiger partial charge in [-0.3, -0.25) is 9.69 Å². The fourth-order valence-electron chi connectivity index (χ4n) is 3.35. The normalized spacial score (nSPS) is 23.8. The summed E-state index contributed by atoms with van der Waals surface area (Å²) < 4.78 is 5.80. The zero-order valence-electron chi connectivity index (χ0n) is 13.7. The maximum Gasteiger partial charge on any atom is 0.246 e. The van der Waals surface area contributed by atoms with Crippen molar-refractivity contribution in [3.05, 3.63) is 47.2 Å². The SMILES string of the molecule is O=C1COC2(CCN(Cc3cnc(-c4ccc(Cl)cc4)nc3)C2)CN1. The van der Waals surface area contributed by atoms with Gasteiger partial charge in [0.25, 0.3) is 0 Å². The van der Waals surface area contributed by atoms with E-state index in [1.807, 2.05) is 36.7 Å². The lowest BCUT2D eigenvalue weighted by atomic mass is 10.0. The number of amides is 1. The lowest BCUT2D eigenvalue weighted by Crippen LogP contribution is -2.53. The monoisotopic (exact) mass is 358 g/mol. The van der Waals surface area contributed by atoms with E-state index in [1.165, 1.54) is 0 Å². The van der Waals surface area contributed by atoms with E-state index in [1.54, 1.807) is 0 Å². The quantitative estimate of drug-likeness (QED) is 0.907. The van der Waals surface area contributed by atoms with E-state index < -0.39 is 0 Å². The van der Waals surface area contributed by atoms with Gasteiger partial charge in [0.1, 0.15) is 6.61 Å². The first-order valence-electron chi connectivity index (χ1n) is 8.32. The van der Waals surface area contributed by atoms with Gasteiger partial charge in [-0.05, 0) is 30.7 Å². The van der Waals surface area contributed by atoms with Crippen LogP contribution in [-0.4, -0.2) is 52.6 Å². The summed E-state index contributed by atoms with van der Waals surface area (Å²) in [7, 11) is 0. The Morgan fingerprint density at radius 3 is 2.68 bits per heavy atom. The second-order valence-electron chi connectivity index (χ2n) is 6.63. The molecule has 3 heterocycles. The van der Waals surface area contributed by atoms with Gasteiger partial charge in [0.2, 0.25) is 5.91 Å². The predicted octanol–water partition coefficient (Wildman–Crippen LogP) is 1.89. The molecule has 0 saturated carbocycles. The molecule has 1 aromatic carbocycles. The Morgan fingerprint density at radius 2 is 2.00 bits per heavy atom. The molecule has 1 aromatic heterocycles. The topological polar surface area (TPSA) is 67.3 Å². The Kier molecular flexibility index (Phi) is 4.41. The summed E-state index contributed by atoms with van der Waals surface area (Å²) >= 11 is 5.91. The molecule has 130 valence electrons.